The molecule has 2 amide bonds. The number of carbonyl (C=O) groups excluding carboxylic acids is 2. The largest absolute Gasteiger partial charge is 0.349 e. The van der Waals surface area contributed by atoms with E-state index in [1.54, 1.807) is 17.3 Å². The minimum absolute atomic E-state index is 0.0376. The van der Waals surface area contributed by atoms with Gasteiger partial charge in [-0.25, -0.2) is 0 Å². The van der Waals surface area contributed by atoms with Gasteiger partial charge in [0.2, 0.25) is 11.8 Å². The number of hydrogen-bond acceptors (Lipinski definition) is 3. The van der Waals surface area contributed by atoms with Crippen LogP contribution in [0.3, 0.4) is 0 Å². The Kier molecular flexibility index (Phi) is 4.89. The Hall–Kier alpha value is -2.69. The summed E-state index contributed by atoms with van der Waals surface area (Å²) in [6.07, 6.45) is 3.69. The Balaban J connectivity index is 1.58. The molecule has 1 saturated heterocycles. The second kappa shape index (κ2) is 7.25. The van der Waals surface area contributed by atoms with E-state index in [0.717, 1.165) is 11.1 Å². The molecule has 1 fully saturated rings. The molecule has 24 heavy (non-hydrogen) atoms. The Bertz CT molecular complexity index is 703. The summed E-state index contributed by atoms with van der Waals surface area (Å²) in [5.41, 5.74) is 2.08. The van der Waals surface area contributed by atoms with E-state index in [1.807, 2.05) is 49.4 Å². The molecule has 1 aromatic heterocycles. The highest BCUT2D eigenvalue weighted by Gasteiger charge is 2.34. The first-order valence-corrected chi connectivity index (χ1v) is 8.15. The third-order valence-corrected chi connectivity index (χ3v) is 4.37. The number of nitrogens with one attached hydrogen (secondary N) is 1. The number of benzene rings is 1. The Morgan fingerprint density at radius 2 is 1.96 bits per heavy atom. The standard InChI is InChI=1S/C19H21N3O2/c1-14(16-7-9-20-10-8-16)21-19(24)17-11-18(23)22(13-17)12-15-5-3-2-4-6-15/h2-10,14,17H,11-13H2,1H3,(H,21,24). The van der Waals surface area contributed by atoms with Crippen LogP contribution >= 0.6 is 0 Å². The Labute approximate surface area is 141 Å². The maximum absolute atomic E-state index is 12.5. The molecule has 0 saturated carbocycles. The van der Waals surface area contributed by atoms with Gasteiger partial charge < -0.3 is 10.2 Å². The van der Waals surface area contributed by atoms with Crippen molar-refractivity contribution in [3.8, 4) is 0 Å². The normalized spacial score (nSPS) is 18.5. The highest BCUT2D eigenvalue weighted by atomic mass is 16.2. The topological polar surface area (TPSA) is 62.3 Å². The van der Waals surface area contributed by atoms with E-state index in [-0.39, 0.29) is 30.2 Å². The minimum atomic E-state index is -0.287. The first-order valence-electron chi connectivity index (χ1n) is 8.15. The van der Waals surface area contributed by atoms with Crippen LogP contribution in [0.5, 0.6) is 0 Å². The van der Waals surface area contributed by atoms with Crippen LogP contribution in [0.1, 0.15) is 30.5 Å². The second-order valence-electron chi connectivity index (χ2n) is 6.17. The van der Waals surface area contributed by atoms with Crippen LogP contribution < -0.4 is 5.32 Å². The number of likely N-dealkylation sites (tertiary alicyclic amines) is 1. The first-order chi connectivity index (χ1) is 11.6. The van der Waals surface area contributed by atoms with Gasteiger partial charge in [0.15, 0.2) is 0 Å². The molecule has 0 radical (unpaired) electrons. The Morgan fingerprint density at radius 1 is 1.25 bits per heavy atom. The number of pyridine rings is 1. The lowest BCUT2D eigenvalue weighted by molar-refractivity contribution is -0.129. The highest BCUT2D eigenvalue weighted by molar-refractivity contribution is 5.89. The van der Waals surface area contributed by atoms with Crippen molar-refractivity contribution >= 4 is 11.8 Å². The predicted molar refractivity (Wildman–Crippen MR) is 90.8 cm³/mol. The predicted octanol–water partition coefficient (Wildman–Crippen LogP) is 2.31. The quantitative estimate of drug-likeness (QED) is 0.918. The molecule has 2 heterocycles. The van der Waals surface area contributed by atoms with Crippen LogP contribution in [0.2, 0.25) is 0 Å². The first kappa shape index (κ1) is 16.2. The van der Waals surface area contributed by atoms with E-state index < -0.39 is 0 Å². The summed E-state index contributed by atoms with van der Waals surface area (Å²) in [6, 6.07) is 13.5. The van der Waals surface area contributed by atoms with Gasteiger partial charge in [0.05, 0.1) is 12.0 Å². The van der Waals surface area contributed by atoms with E-state index in [0.29, 0.717) is 13.1 Å². The van der Waals surface area contributed by atoms with Crippen LogP contribution in [0.15, 0.2) is 54.9 Å². The van der Waals surface area contributed by atoms with Crippen LogP contribution in [-0.2, 0) is 16.1 Å². The molecule has 2 aromatic rings. The lowest BCUT2D eigenvalue weighted by Crippen LogP contribution is -2.34. The fourth-order valence-corrected chi connectivity index (χ4v) is 2.97. The van der Waals surface area contributed by atoms with Gasteiger partial charge in [-0.05, 0) is 30.2 Å². The molecule has 0 aliphatic carbocycles. The summed E-state index contributed by atoms with van der Waals surface area (Å²) in [4.78, 5) is 30.4. The van der Waals surface area contributed by atoms with E-state index in [1.165, 1.54) is 0 Å². The van der Waals surface area contributed by atoms with Gasteiger partial charge in [-0.1, -0.05) is 30.3 Å². The Morgan fingerprint density at radius 3 is 2.67 bits per heavy atom. The smallest absolute Gasteiger partial charge is 0.225 e. The van der Waals surface area contributed by atoms with Gasteiger partial charge >= 0.3 is 0 Å². The minimum Gasteiger partial charge on any atom is -0.349 e. The molecular formula is C19H21N3O2. The van der Waals surface area contributed by atoms with Gasteiger partial charge in [-0.2, -0.15) is 0 Å². The summed E-state index contributed by atoms with van der Waals surface area (Å²) in [5, 5.41) is 3.00. The van der Waals surface area contributed by atoms with Gasteiger partial charge in [0.1, 0.15) is 0 Å². The summed E-state index contributed by atoms with van der Waals surface area (Å²) in [5.74, 6) is -0.315. The third-order valence-electron chi connectivity index (χ3n) is 4.37. The molecule has 1 N–H and O–H groups in total. The van der Waals surface area contributed by atoms with Crippen LogP contribution in [0, 0.1) is 5.92 Å². The zero-order chi connectivity index (χ0) is 16.9. The van der Waals surface area contributed by atoms with Crippen molar-refractivity contribution in [2.45, 2.75) is 25.9 Å². The van der Waals surface area contributed by atoms with E-state index in [2.05, 4.69) is 10.3 Å². The average molecular weight is 323 g/mol. The lowest BCUT2D eigenvalue weighted by Gasteiger charge is -2.18. The fourth-order valence-electron chi connectivity index (χ4n) is 2.97. The van der Waals surface area contributed by atoms with Crippen LogP contribution in [-0.4, -0.2) is 28.2 Å². The monoisotopic (exact) mass is 323 g/mol. The molecule has 3 rings (SSSR count). The lowest BCUT2D eigenvalue weighted by atomic mass is 10.1. The van der Waals surface area contributed by atoms with Crippen molar-refractivity contribution in [2.75, 3.05) is 6.54 Å². The third kappa shape index (κ3) is 3.79. The van der Waals surface area contributed by atoms with Crippen molar-refractivity contribution in [3.63, 3.8) is 0 Å². The summed E-state index contributed by atoms with van der Waals surface area (Å²) >= 11 is 0. The summed E-state index contributed by atoms with van der Waals surface area (Å²) in [6.45, 7) is 2.97. The van der Waals surface area contributed by atoms with Crippen LogP contribution in [0.4, 0.5) is 0 Å². The van der Waals surface area contributed by atoms with E-state index in [4.69, 9.17) is 0 Å². The zero-order valence-corrected chi connectivity index (χ0v) is 13.7. The molecule has 0 spiro atoms. The molecule has 2 atom stereocenters. The van der Waals surface area contributed by atoms with Crippen molar-refractivity contribution in [3.05, 3.63) is 66.0 Å². The van der Waals surface area contributed by atoms with Crippen LogP contribution in [0.25, 0.3) is 0 Å². The molecular weight excluding hydrogens is 302 g/mol. The van der Waals surface area contributed by atoms with Crippen molar-refractivity contribution in [1.29, 1.82) is 0 Å². The summed E-state index contributed by atoms with van der Waals surface area (Å²) in [7, 11) is 0. The molecule has 1 aromatic carbocycles. The van der Waals surface area contributed by atoms with E-state index >= 15 is 0 Å². The maximum Gasteiger partial charge on any atom is 0.225 e. The maximum atomic E-state index is 12.5. The number of nitrogens with zero attached hydrogens (tertiary/aromatic N) is 2. The SMILES string of the molecule is CC(NC(=O)C1CC(=O)N(Cc2ccccc2)C1)c1ccncc1. The summed E-state index contributed by atoms with van der Waals surface area (Å²) < 4.78 is 0. The van der Waals surface area contributed by atoms with Gasteiger partial charge in [-0.3, -0.25) is 14.6 Å². The second-order valence-corrected chi connectivity index (χ2v) is 6.17. The van der Waals surface area contributed by atoms with Crippen molar-refractivity contribution in [2.24, 2.45) is 5.92 Å². The molecule has 5 heteroatoms. The number of rotatable bonds is 5. The van der Waals surface area contributed by atoms with Gasteiger partial charge in [0.25, 0.3) is 0 Å². The van der Waals surface area contributed by atoms with E-state index in [9.17, 15) is 9.59 Å². The molecule has 124 valence electrons. The number of hydrogen-bond donors (Lipinski definition) is 1. The molecule has 1 aliphatic rings. The van der Waals surface area contributed by atoms with Gasteiger partial charge in [0, 0.05) is 31.9 Å². The average Bonchev–Trinajstić information content (AvgIpc) is 2.97. The highest BCUT2D eigenvalue weighted by Crippen LogP contribution is 2.21. The number of amides is 2. The molecule has 1 aliphatic heterocycles. The fraction of sp³-hybridized carbons (Fsp3) is 0.316. The number of carbonyl (C=O) groups is 2. The molecule has 5 nitrogen and oxygen atoms in total. The zero-order valence-electron chi connectivity index (χ0n) is 13.7. The molecule has 0 bridgehead atoms. The number of aromatic nitrogens is 1. The van der Waals surface area contributed by atoms with Crippen molar-refractivity contribution in [1.82, 2.24) is 15.2 Å². The van der Waals surface area contributed by atoms with Gasteiger partial charge in [-0.15, -0.1) is 0 Å². The van der Waals surface area contributed by atoms with Crippen molar-refractivity contribution < 1.29 is 9.59 Å². The molecule has 2 unspecified atom stereocenters.